The summed E-state index contributed by atoms with van der Waals surface area (Å²) in [6, 6.07) is 11.8. The molecule has 0 saturated heterocycles. The van der Waals surface area contributed by atoms with Crippen LogP contribution < -0.4 is 0 Å². The summed E-state index contributed by atoms with van der Waals surface area (Å²) in [5.41, 5.74) is 1.53. The highest BCUT2D eigenvalue weighted by Gasteiger charge is 2.23. The van der Waals surface area contributed by atoms with Crippen molar-refractivity contribution in [2.75, 3.05) is 18.8 Å². The Balaban J connectivity index is 1.80. The molecular weight excluding hydrogens is 464 g/mol. The van der Waals surface area contributed by atoms with Gasteiger partial charge in [0, 0.05) is 23.1 Å². The van der Waals surface area contributed by atoms with Gasteiger partial charge in [-0.05, 0) is 24.3 Å². The molecule has 0 bridgehead atoms. The van der Waals surface area contributed by atoms with Crippen molar-refractivity contribution in [3.63, 3.8) is 0 Å². The second-order valence-electron chi connectivity index (χ2n) is 5.89. The predicted octanol–water partition coefficient (Wildman–Crippen LogP) is 4.60. The Morgan fingerprint density at radius 3 is 2.57 bits per heavy atom. The second-order valence-corrected chi connectivity index (χ2v) is 9.61. The summed E-state index contributed by atoms with van der Waals surface area (Å²) in [6.07, 6.45) is 0. The lowest BCUT2D eigenvalue weighted by molar-refractivity contribution is 0.102. The Labute approximate surface area is 176 Å². The third-order valence-electron chi connectivity index (χ3n) is 4.18. The fourth-order valence-corrected chi connectivity index (χ4v) is 5.42. The van der Waals surface area contributed by atoms with Crippen LogP contribution in [0.1, 0.15) is 24.2 Å². The zero-order valence-corrected chi connectivity index (χ0v) is 18.6. The van der Waals surface area contributed by atoms with Gasteiger partial charge in [-0.2, -0.15) is 4.31 Å². The molecule has 0 aliphatic rings. The third-order valence-corrected chi connectivity index (χ3v) is 7.75. The first kappa shape index (κ1) is 21.0. The highest BCUT2D eigenvalue weighted by Crippen LogP contribution is 2.28. The summed E-state index contributed by atoms with van der Waals surface area (Å²) in [5.74, 6) is 0.115. The summed E-state index contributed by atoms with van der Waals surface area (Å²) < 4.78 is 33.1. The van der Waals surface area contributed by atoms with Crippen LogP contribution in [0.4, 0.5) is 0 Å². The molecule has 0 fully saturated rings. The molecule has 0 aliphatic heterocycles. The maximum absolute atomic E-state index is 12.7. The highest BCUT2D eigenvalue weighted by atomic mass is 79.9. The molecule has 0 amide bonds. The number of carbonyl (C=O) groups is 1. The molecule has 3 aromatic rings. The minimum Gasteiger partial charge on any atom is -0.431 e. The smallest absolute Gasteiger partial charge is 0.257 e. The van der Waals surface area contributed by atoms with Gasteiger partial charge in [0.1, 0.15) is 5.52 Å². The molecule has 9 heteroatoms. The summed E-state index contributed by atoms with van der Waals surface area (Å²) in [6.45, 7) is 4.39. The van der Waals surface area contributed by atoms with Gasteiger partial charge in [-0.3, -0.25) is 4.79 Å². The van der Waals surface area contributed by atoms with E-state index in [2.05, 4.69) is 20.9 Å². The van der Waals surface area contributed by atoms with E-state index in [1.807, 2.05) is 12.1 Å². The van der Waals surface area contributed by atoms with Crippen molar-refractivity contribution in [2.45, 2.75) is 24.0 Å². The molecule has 6 nitrogen and oxygen atoms in total. The van der Waals surface area contributed by atoms with Gasteiger partial charge in [0.2, 0.25) is 10.0 Å². The number of hydrogen-bond donors (Lipinski definition) is 0. The fraction of sp³-hybridized carbons (Fsp3) is 0.263. The zero-order valence-electron chi connectivity index (χ0n) is 15.4. The Morgan fingerprint density at radius 2 is 1.89 bits per heavy atom. The monoisotopic (exact) mass is 482 g/mol. The van der Waals surface area contributed by atoms with Crippen LogP contribution in [0.3, 0.4) is 0 Å². The molecule has 0 saturated carbocycles. The highest BCUT2D eigenvalue weighted by molar-refractivity contribution is 9.10. The van der Waals surface area contributed by atoms with Crippen molar-refractivity contribution < 1.29 is 17.6 Å². The number of Topliss-reactive ketones (excluding diaryl/α,β-unsaturated/α-hetero) is 1. The first-order chi connectivity index (χ1) is 13.4. The molecule has 0 radical (unpaired) electrons. The molecule has 3 rings (SSSR count). The average Bonchev–Trinajstić information content (AvgIpc) is 3.09. The van der Waals surface area contributed by atoms with Gasteiger partial charge in [0.25, 0.3) is 5.22 Å². The van der Waals surface area contributed by atoms with Gasteiger partial charge in [-0.1, -0.05) is 59.7 Å². The fourth-order valence-electron chi connectivity index (χ4n) is 2.71. The number of benzene rings is 2. The summed E-state index contributed by atoms with van der Waals surface area (Å²) in [5, 5.41) is 0.327. The number of sulfonamides is 1. The normalized spacial score (nSPS) is 12.0. The Hall–Kier alpha value is -1.68. The molecule has 28 heavy (non-hydrogen) atoms. The number of rotatable bonds is 8. The minimum atomic E-state index is -3.56. The lowest BCUT2D eigenvalue weighted by atomic mass is 10.1. The van der Waals surface area contributed by atoms with E-state index >= 15 is 0 Å². The Kier molecular flexibility index (Phi) is 6.59. The molecule has 2 aromatic carbocycles. The molecule has 148 valence electrons. The van der Waals surface area contributed by atoms with Crippen LogP contribution in [0.5, 0.6) is 0 Å². The van der Waals surface area contributed by atoms with E-state index in [9.17, 15) is 13.2 Å². The zero-order chi connectivity index (χ0) is 20.3. The van der Waals surface area contributed by atoms with Gasteiger partial charge in [-0.25, -0.2) is 13.4 Å². The maximum atomic E-state index is 12.7. The molecular formula is C19H19BrN2O4S2. The molecule has 0 aliphatic carbocycles. The number of fused-ring (bicyclic) bond motifs is 1. The second kappa shape index (κ2) is 8.77. The maximum Gasteiger partial charge on any atom is 0.257 e. The van der Waals surface area contributed by atoms with Crippen LogP contribution in [0.25, 0.3) is 11.1 Å². The minimum absolute atomic E-state index is 0.0514. The van der Waals surface area contributed by atoms with E-state index in [0.29, 0.717) is 35.0 Å². The lowest BCUT2D eigenvalue weighted by Gasteiger charge is -2.18. The number of halogens is 1. The number of oxazole rings is 1. The first-order valence-electron chi connectivity index (χ1n) is 8.68. The van der Waals surface area contributed by atoms with E-state index in [0.717, 1.165) is 4.47 Å². The number of nitrogens with zero attached hydrogens (tertiary/aromatic N) is 2. The number of ketones is 1. The van der Waals surface area contributed by atoms with E-state index in [-0.39, 0.29) is 16.4 Å². The van der Waals surface area contributed by atoms with Crippen molar-refractivity contribution in [1.82, 2.24) is 9.29 Å². The first-order valence-corrected chi connectivity index (χ1v) is 11.9. The summed E-state index contributed by atoms with van der Waals surface area (Å²) in [4.78, 5) is 16.9. The van der Waals surface area contributed by atoms with Gasteiger partial charge in [0.15, 0.2) is 11.4 Å². The molecule has 0 spiro atoms. The van der Waals surface area contributed by atoms with Gasteiger partial charge < -0.3 is 4.42 Å². The van der Waals surface area contributed by atoms with Crippen LogP contribution in [0.15, 0.2) is 61.5 Å². The summed E-state index contributed by atoms with van der Waals surface area (Å²) >= 11 is 4.55. The van der Waals surface area contributed by atoms with E-state index < -0.39 is 10.0 Å². The molecule has 0 unspecified atom stereocenters. The van der Waals surface area contributed by atoms with Gasteiger partial charge in [-0.15, -0.1) is 0 Å². The SMILES string of the molecule is CCN(CC)S(=O)(=O)c1ccc2oc(SCC(=O)c3ccccc3Br)nc2c1. The van der Waals surface area contributed by atoms with Crippen molar-refractivity contribution in [1.29, 1.82) is 0 Å². The van der Waals surface area contributed by atoms with Crippen LogP contribution >= 0.6 is 27.7 Å². The Bertz CT molecular complexity index is 1110. The van der Waals surface area contributed by atoms with Gasteiger partial charge in [0.05, 0.1) is 10.6 Å². The number of thioether (sulfide) groups is 1. The van der Waals surface area contributed by atoms with Crippen LogP contribution in [0.2, 0.25) is 0 Å². The van der Waals surface area contributed by atoms with E-state index in [1.165, 1.54) is 28.2 Å². The molecule has 0 atom stereocenters. The van der Waals surface area contributed by atoms with Gasteiger partial charge >= 0.3 is 0 Å². The average molecular weight is 483 g/mol. The third kappa shape index (κ3) is 4.32. The van der Waals surface area contributed by atoms with Crippen LogP contribution in [-0.2, 0) is 10.0 Å². The topological polar surface area (TPSA) is 80.5 Å². The molecule has 1 heterocycles. The molecule has 0 N–H and O–H groups in total. The lowest BCUT2D eigenvalue weighted by Crippen LogP contribution is -2.30. The predicted molar refractivity (Wildman–Crippen MR) is 113 cm³/mol. The van der Waals surface area contributed by atoms with Crippen molar-refractivity contribution >= 4 is 54.6 Å². The number of hydrogen-bond acceptors (Lipinski definition) is 6. The quantitative estimate of drug-likeness (QED) is 0.344. The largest absolute Gasteiger partial charge is 0.431 e. The van der Waals surface area contributed by atoms with Crippen molar-refractivity contribution in [2.24, 2.45) is 0 Å². The van der Waals surface area contributed by atoms with Crippen molar-refractivity contribution in [3.8, 4) is 0 Å². The van der Waals surface area contributed by atoms with Crippen molar-refractivity contribution in [3.05, 3.63) is 52.5 Å². The standard InChI is InChI=1S/C19H19BrN2O4S2/c1-3-22(4-2)28(24,25)13-9-10-18-16(11-13)21-19(26-18)27-12-17(23)14-7-5-6-8-15(14)20/h5-11H,3-4,12H2,1-2H3. The van der Waals surface area contributed by atoms with E-state index in [4.69, 9.17) is 4.42 Å². The molecule has 1 aromatic heterocycles. The van der Waals surface area contributed by atoms with E-state index in [1.54, 1.807) is 32.0 Å². The number of carbonyl (C=O) groups excluding carboxylic acids is 1. The Morgan fingerprint density at radius 1 is 1.18 bits per heavy atom. The number of aromatic nitrogens is 1. The van der Waals surface area contributed by atoms with Crippen LogP contribution in [0, 0.1) is 0 Å². The van der Waals surface area contributed by atoms with Crippen LogP contribution in [-0.4, -0.2) is 42.3 Å². The summed E-state index contributed by atoms with van der Waals surface area (Å²) in [7, 11) is -3.56.